The lowest BCUT2D eigenvalue weighted by Gasteiger charge is -2.53. The maximum atomic E-state index is 16.5. The minimum atomic E-state index is -4.89. The third kappa shape index (κ3) is 5.42. The van der Waals surface area contributed by atoms with Gasteiger partial charge in [-0.25, -0.2) is 40.0 Å². The van der Waals surface area contributed by atoms with Gasteiger partial charge in [-0.15, -0.1) is 11.3 Å². The van der Waals surface area contributed by atoms with Crippen LogP contribution in [0.1, 0.15) is 44.1 Å². The second-order valence-electron chi connectivity index (χ2n) is 13.3. The predicted octanol–water partition coefficient (Wildman–Crippen LogP) is 6.08. The average molecular weight is 727 g/mol. The van der Waals surface area contributed by atoms with E-state index < -0.39 is 47.9 Å². The smallest absolute Gasteiger partial charge is 0.267 e. The molecule has 3 saturated heterocycles. The summed E-state index contributed by atoms with van der Waals surface area (Å²) in [4.78, 5) is 10.6. The highest BCUT2D eigenvalue weighted by molar-refractivity contribution is 7.93. The molecule has 254 valence electrons. The summed E-state index contributed by atoms with van der Waals surface area (Å²) in [6, 6.07) is 11.0. The number of sulfonamides is 1. The van der Waals surface area contributed by atoms with E-state index in [2.05, 4.69) is 21.3 Å². The number of aromatic nitrogens is 2. The average Bonchev–Trinajstić information content (AvgIpc) is 3.72. The molecule has 16 heteroatoms. The Morgan fingerprint density at radius 1 is 0.980 bits per heavy atom. The minimum absolute atomic E-state index is 0.0135. The lowest BCUT2D eigenvalue weighted by atomic mass is 9.67. The Morgan fingerprint density at radius 3 is 2.27 bits per heavy atom. The number of nitriles is 1. The van der Waals surface area contributed by atoms with E-state index in [-0.39, 0.29) is 51.7 Å². The van der Waals surface area contributed by atoms with Gasteiger partial charge in [0.1, 0.15) is 22.7 Å². The standard InChI is InChI=1S/C33H29F3N6O4S3/c34-23-4-2-5-24(35)30(23)49(45,46)41-25-6-1-3-21(28(25)36)27-22(15-37)31(42-19-7-8-20(42)10-9-19)47-29(27)26-11-12-38-32(40-26)39-18-13-33(14-18)16-48(43,44)17-33/h1-6,11-12,18-20,41H,7-10,13-14,16-17H2,(H,38,39,40). The highest BCUT2D eigenvalue weighted by Crippen LogP contribution is 2.53. The number of rotatable bonds is 8. The summed E-state index contributed by atoms with van der Waals surface area (Å²) in [5, 5.41) is 14.5. The van der Waals surface area contributed by atoms with E-state index in [1.54, 1.807) is 12.3 Å². The Balaban J connectivity index is 1.19. The number of thiophene rings is 1. The second kappa shape index (κ2) is 11.4. The Labute approximate surface area is 285 Å². The van der Waals surface area contributed by atoms with Gasteiger partial charge in [-0.2, -0.15) is 5.26 Å². The van der Waals surface area contributed by atoms with Gasteiger partial charge in [-0.05, 0) is 62.8 Å². The lowest BCUT2D eigenvalue weighted by molar-refractivity contribution is 0.153. The van der Waals surface area contributed by atoms with Crippen LogP contribution in [0.5, 0.6) is 0 Å². The lowest BCUT2D eigenvalue weighted by Crippen LogP contribution is -2.60. The van der Waals surface area contributed by atoms with Gasteiger partial charge < -0.3 is 10.2 Å². The summed E-state index contributed by atoms with van der Waals surface area (Å²) in [5.74, 6) is -3.02. The normalized spacial score (nSPS) is 22.0. The van der Waals surface area contributed by atoms with Crippen LogP contribution >= 0.6 is 11.3 Å². The van der Waals surface area contributed by atoms with Crippen molar-refractivity contribution in [3.8, 4) is 27.8 Å². The van der Waals surface area contributed by atoms with Gasteiger partial charge in [0.15, 0.2) is 20.5 Å². The van der Waals surface area contributed by atoms with Crippen molar-refractivity contribution >= 4 is 47.8 Å². The maximum Gasteiger partial charge on any atom is 0.267 e. The summed E-state index contributed by atoms with van der Waals surface area (Å²) in [6.45, 7) is 0. The molecule has 4 aromatic rings. The first-order valence-corrected chi connectivity index (χ1v) is 19.9. The molecule has 5 heterocycles. The van der Waals surface area contributed by atoms with E-state index >= 15 is 4.39 Å². The van der Waals surface area contributed by atoms with Crippen molar-refractivity contribution in [2.24, 2.45) is 5.41 Å². The van der Waals surface area contributed by atoms with E-state index in [9.17, 15) is 30.9 Å². The number of nitrogens with zero attached hydrogens (tertiary/aromatic N) is 4. The van der Waals surface area contributed by atoms with Crippen LogP contribution in [0.2, 0.25) is 0 Å². The molecule has 2 aromatic heterocycles. The second-order valence-corrected chi connectivity index (χ2v) is 18.0. The summed E-state index contributed by atoms with van der Waals surface area (Å²) in [5.41, 5.74) is 0.0179. The van der Waals surface area contributed by atoms with Gasteiger partial charge in [0.2, 0.25) is 5.95 Å². The number of halogens is 3. The fourth-order valence-electron chi connectivity index (χ4n) is 8.08. The molecule has 4 fully saturated rings. The molecule has 2 bridgehead atoms. The minimum Gasteiger partial charge on any atom is -0.356 e. The van der Waals surface area contributed by atoms with Crippen LogP contribution in [0.4, 0.5) is 29.8 Å². The zero-order valence-electron chi connectivity index (χ0n) is 25.8. The van der Waals surface area contributed by atoms with Gasteiger partial charge in [-0.1, -0.05) is 18.2 Å². The first-order chi connectivity index (χ1) is 23.4. The van der Waals surface area contributed by atoms with Crippen molar-refractivity contribution in [3.05, 3.63) is 71.7 Å². The van der Waals surface area contributed by atoms with Gasteiger partial charge in [0, 0.05) is 40.9 Å². The monoisotopic (exact) mass is 726 g/mol. The maximum absolute atomic E-state index is 16.5. The molecular weight excluding hydrogens is 698 g/mol. The molecule has 0 unspecified atom stereocenters. The number of hydrogen-bond donors (Lipinski definition) is 2. The number of benzene rings is 2. The fourth-order valence-corrected chi connectivity index (χ4v) is 12.9. The highest BCUT2D eigenvalue weighted by Gasteiger charge is 2.56. The molecule has 1 spiro atoms. The van der Waals surface area contributed by atoms with E-state index in [4.69, 9.17) is 4.98 Å². The Morgan fingerprint density at radius 2 is 1.63 bits per heavy atom. The van der Waals surface area contributed by atoms with E-state index in [1.165, 1.54) is 23.5 Å². The molecule has 49 heavy (non-hydrogen) atoms. The van der Waals surface area contributed by atoms with E-state index in [0.717, 1.165) is 49.9 Å². The van der Waals surface area contributed by atoms with Crippen molar-refractivity contribution in [1.82, 2.24) is 9.97 Å². The topological polar surface area (TPSA) is 145 Å². The molecule has 0 atom stereocenters. The van der Waals surface area contributed by atoms with Crippen LogP contribution in [0.25, 0.3) is 21.7 Å². The van der Waals surface area contributed by atoms with Gasteiger partial charge in [0.25, 0.3) is 10.0 Å². The van der Waals surface area contributed by atoms with Crippen LogP contribution in [-0.4, -0.2) is 56.4 Å². The first-order valence-electron chi connectivity index (χ1n) is 15.8. The molecule has 2 aromatic carbocycles. The van der Waals surface area contributed by atoms with Crippen molar-refractivity contribution < 1.29 is 30.0 Å². The van der Waals surface area contributed by atoms with Crippen LogP contribution < -0.4 is 14.9 Å². The van der Waals surface area contributed by atoms with Gasteiger partial charge in [0.05, 0.1) is 33.3 Å². The number of nitrogens with one attached hydrogen (secondary N) is 2. The largest absolute Gasteiger partial charge is 0.356 e. The molecule has 0 radical (unpaired) electrons. The summed E-state index contributed by atoms with van der Waals surface area (Å²) < 4.78 is 97.1. The number of anilines is 3. The molecule has 2 N–H and O–H groups in total. The van der Waals surface area contributed by atoms with Crippen LogP contribution in [0.3, 0.4) is 0 Å². The number of sulfone groups is 1. The fraction of sp³-hybridized carbons (Fsp3) is 0.364. The molecule has 0 amide bonds. The molecule has 8 rings (SSSR count). The predicted molar refractivity (Wildman–Crippen MR) is 179 cm³/mol. The molecule has 4 aliphatic rings. The number of fused-ring (bicyclic) bond motifs is 2. The Hall–Kier alpha value is -4.20. The molecule has 1 saturated carbocycles. The van der Waals surface area contributed by atoms with Crippen LogP contribution in [-0.2, 0) is 19.9 Å². The van der Waals surface area contributed by atoms with Crippen molar-refractivity contribution in [2.45, 2.75) is 61.5 Å². The first kappa shape index (κ1) is 32.0. The van der Waals surface area contributed by atoms with E-state index in [1.807, 2.05) is 4.72 Å². The number of hydrogen-bond acceptors (Lipinski definition) is 10. The van der Waals surface area contributed by atoms with Crippen LogP contribution in [0.15, 0.2) is 53.6 Å². The Bertz CT molecular complexity index is 2230. The molecule has 1 aliphatic carbocycles. The van der Waals surface area contributed by atoms with E-state index in [0.29, 0.717) is 34.4 Å². The van der Waals surface area contributed by atoms with Crippen LogP contribution in [0, 0.1) is 34.2 Å². The van der Waals surface area contributed by atoms with Crippen molar-refractivity contribution in [1.29, 1.82) is 5.26 Å². The quantitative estimate of drug-likeness (QED) is 0.221. The third-order valence-electron chi connectivity index (χ3n) is 10.0. The molecule has 3 aliphatic heterocycles. The van der Waals surface area contributed by atoms with Crippen molar-refractivity contribution in [2.75, 3.05) is 26.4 Å². The van der Waals surface area contributed by atoms with Gasteiger partial charge >= 0.3 is 0 Å². The van der Waals surface area contributed by atoms with Gasteiger partial charge in [-0.3, -0.25) is 4.72 Å². The third-order valence-corrected chi connectivity index (χ3v) is 14.8. The zero-order chi connectivity index (χ0) is 34.3. The molecular formula is C33H29F3N6O4S3. The summed E-state index contributed by atoms with van der Waals surface area (Å²) in [6.07, 6.45) is 6.80. The van der Waals surface area contributed by atoms with Crippen molar-refractivity contribution in [3.63, 3.8) is 0 Å². The SMILES string of the molecule is N#Cc1c(N2C3CCC2CC3)sc(-c2ccnc(NC3CC4(C3)CS(=O)(=O)C4)n2)c1-c1cccc(NS(=O)(=O)c2c(F)cccc2F)c1F. The summed E-state index contributed by atoms with van der Waals surface area (Å²) >= 11 is 1.31. The Kier molecular flexibility index (Phi) is 7.47. The summed E-state index contributed by atoms with van der Waals surface area (Å²) in [7, 11) is -7.85. The molecule has 10 nitrogen and oxygen atoms in total. The zero-order valence-corrected chi connectivity index (χ0v) is 28.2. The highest BCUT2D eigenvalue weighted by atomic mass is 32.2.